The largest absolute Gasteiger partial charge is 0.494 e. The van der Waals surface area contributed by atoms with E-state index >= 15 is 0 Å². The molecule has 24 heavy (non-hydrogen) atoms. The summed E-state index contributed by atoms with van der Waals surface area (Å²) < 4.78 is 23.7. The lowest BCUT2D eigenvalue weighted by Gasteiger charge is -2.02. The number of hydrogen-bond acceptors (Lipinski definition) is 4. The van der Waals surface area contributed by atoms with Crippen LogP contribution in [0, 0.1) is 5.82 Å². The van der Waals surface area contributed by atoms with Gasteiger partial charge in [0.05, 0.1) is 12.1 Å². The molecule has 1 heterocycles. The Bertz CT molecular complexity index is 909. The van der Waals surface area contributed by atoms with Crippen LogP contribution in [0.25, 0.3) is 22.5 Å². The summed E-state index contributed by atoms with van der Waals surface area (Å²) >= 11 is 12.3. The second-order valence-corrected chi connectivity index (χ2v) is 5.60. The first-order valence-electron chi connectivity index (χ1n) is 6.88. The van der Waals surface area contributed by atoms with Crippen LogP contribution in [-0.4, -0.2) is 17.3 Å². The van der Waals surface area contributed by atoms with Gasteiger partial charge in [0.25, 0.3) is 5.89 Å². The number of ether oxygens (including phenoxy) is 1. The fourth-order valence-corrected chi connectivity index (χ4v) is 2.48. The van der Waals surface area contributed by atoms with Gasteiger partial charge in [-0.3, -0.25) is 0 Å². The van der Waals surface area contributed by atoms with Crippen LogP contribution >= 0.6 is 23.2 Å². The van der Waals surface area contributed by atoms with Crippen LogP contribution in [-0.2, 0) is 0 Å². The van der Waals surface area contributed by atoms with Crippen LogP contribution in [0.2, 0.25) is 5.02 Å². The number of rotatable bonds is 4. The van der Waals surface area contributed by atoms with Crippen LogP contribution in [0.5, 0.6) is 5.75 Å². The number of halogens is 3. The van der Waals surface area contributed by atoms with Crippen molar-refractivity contribution in [3.8, 4) is 17.1 Å². The minimum Gasteiger partial charge on any atom is -0.494 e. The summed E-state index contributed by atoms with van der Waals surface area (Å²) in [4.78, 5) is 4.21. The van der Waals surface area contributed by atoms with Gasteiger partial charge >= 0.3 is 0 Å². The lowest BCUT2D eigenvalue weighted by atomic mass is 10.2. The van der Waals surface area contributed by atoms with Gasteiger partial charge in [-0.2, -0.15) is 4.98 Å². The van der Waals surface area contributed by atoms with E-state index in [1.165, 1.54) is 25.3 Å². The Labute approximate surface area is 147 Å². The van der Waals surface area contributed by atoms with Crippen LogP contribution in [0.15, 0.2) is 47.0 Å². The Hall–Kier alpha value is -2.37. The minimum absolute atomic E-state index is 0.114. The van der Waals surface area contributed by atoms with Gasteiger partial charge in [0, 0.05) is 5.56 Å². The van der Waals surface area contributed by atoms with Crippen LogP contribution in [0.1, 0.15) is 11.5 Å². The highest BCUT2D eigenvalue weighted by Gasteiger charge is 2.14. The average molecular weight is 365 g/mol. The zero-order valence-corrected chi connectivity index (χ0v) is 14.0. The van der Waals surface area contributed by atoms with Crippen molar-refractivity contribution in [3.05, 3.63) is 64.8 Å². The zero-order valence-electron chi connectivity index (χ0n) is 12.5. The highest BCUT2D eigenvalue weighted by Crippen LogP contribution is 2.28. The van der Waals surface area contributed by atoms with Gasteiger partial charge < -0.3 is 9.26 Å². The molecule has 0 amide bonds. The third kappa shape index (κ3) is 3.42. The van der Waals surface area contributed by atoms with E-state index in [4.69, 9.17) is 32.5 Å². The smallest absolute Gasteiger partial charge is 0.269 e. The lowest BCUT2D eigenvalue weighted by Crippen LogP contribution is -1.88. The van der Waals surface area contributed by atoms with Gasteiger partial charge in [0.15, 0.2) is 11.6 Å². The van der Waals surface area contributed by atoms with Crippen LogP contribution in [0.4, 0.5) is 4.39 Å². The standard InChI is InChI=1S/C17H11Cl2FN2O2/c1-23-15-7-6-10(9-14(15)20)8-13(19)17-21-16(22-24-17)11-4-2-3-5-12(11)18/h2-9H,1H3/b13-8-. The number of hydrogen-bond donors (Lipinski definition) is 0. The number of aromatic nitrogens is 2. The highest BCUT2D eigenvalue weighted by molar-refractivity contribution is 6.50. The number of methoxy groups -OCH3 is 1. The lowest BCUT2D eigenvalue weighted by molar-refractivity contribution is 0.386. The molecule has 0 spiro atoms. The van der Waals surface area contributed by atoms with E-state index in [9.17, 15) is 4.39 Å². The molecule has 0 aliphatic rings. The summed E-state index contributed by atoms with van der Waals surface area (Å²) in [5.74, 6) is 0.103. The fourth-order valence-electron chi connectivity index (χ4n) is 2.05. The van der Waals surface area contributed by atoms with Gasteiger partial charge in [-0.1, -0.05) is 46.6 Å². The Morgan fingerprint density at radius 3 is 2.75 bits per heavy atom. The molecule has 4 nitrogen and oxygen atoms in total. The monoisotopic (exact) mass is 364 g/mol. The Morgan fingerprint density at radius 2 is 2.04 bits per heavy atom. The van der Waals surface area contributed by atoms with Gasteiger partial charge in [-0.25, -0.2) is 4.39 Å². The SMILES string of the molecule is COc1ccc(/C=C(\Cl)c2nc(-c3ccccc3Cl)no2)cc1F. The number of benzene rings is 2. The molecular weight excluding hydrogens is 354 g/mol. The molecule has 0 atom stereocenters. The van der Waals surface area contributed by atoms with E-state index in [0.29, 0.717) is 22.0 Å². The molecule has 0 N–H and O–H groups in total. The summed E-state index contributed by atoms with van der Waals surface area (Å²) in [6.07, 6.45) is 1.52. The second-order valence-electron chi connectivity index (χ2n) is 4.79. The van der Waals surface area contributed by atoms with Crippen molar-refractivity contribution < 1.29 is 13.7 Å². The molecular formula is C17H11Cl2FN2O2. The maximum Gasteiger partial charge on any atom is 0.269 e. The molecule has 1 aromatic heterocycles. The van der Waals surface area contributed by atoms with E-state index in [2.05, 4.69) is 10.1 Å². The Morgan fingerprint density at radius 1 is 1.25 bits per heavy atom. The summed E-state index contributed by atoms with van der Waals surface area (Å²) in [6.45, 7) is 0. The molecule has 0 radical (unpaired) electrons. The van der Waals surface area contributed by atoms with E-state index in [0.717, 1.165) is 0 Å². The fraction of sp³-hybridized carbons (Fsp3) is 0.0588. The molecule has 3 rings (SSSR count). The van der Waals surface area contributed by atoms with Crippen molar-refractivity contribution in [1.29, 1.82) is 0 Å². The summed E-state index contributed by atoms with van der Waals surface area (Å²) in [6, 6.07) is 11.6. The van der Waals surface area contributed by atoms with Crippen molar-refractivity contribution >= 4 is 34.3 Å². The molecule has 122 valence electrons. The highest BCUT2D eigenvalue weighted by atomic mass is 35.5. The van der Waals surface area contributed by atoms with Crippen molar-refractivity contribution in [2.45, 2.75) is 0 Å². The second kappa shape index (κ2) is 7.03. The summed E-state index contributed by atoms with van der Waals surface area (Å²) in [7, 11) is 1.40. The van der Waals surface area contributed by atoms with Gasteiger partial charge in [-0.15, -0.1) is 0 Å². The van der Waals surface area contributed by atoms with Gasteiger partial charge in [-0.05, 0) is 35.9 Å². The van der Waals surface area contributed by atoms with E-state index in [1.807, 2.05) is 6.07 Å². The maximum absolute atomic E-state index is 13.7. The molecule has 0 aliphatic carbocycles. The minimum atomic E-state index is -0.488. The molecule has 7 heteroatoms. The molecule has 3 aromatic rings. The molecule has 0 saturated heterocycles. The third-order valence-corrected chi connectivity index (χ3v) is 3.81. The Kier molecular flexibility index (Phi) is 4.83. The zero-order chi connectivity index (χ0) is 17.1. The van der Waals surface area contributed by atoms with E-state index in [1.54, 1.807) is 24.3 Å². The molecule has 0 bridgehead atoms. The molecule has 0 unspecified atom stereocenters. The molecule has 0 fully saturated rings. The topological polar surface area (TPSA) is 48.2 Å². The quantitative estimate of drug-likeness (QED) is 0.632. The predicted octanol–water partition coefficient (Wildman–Crippen LogP) is 5.27. The first-order chi connectivity index (χ1) is 11.6. The number of nitrogens with zero attached hydrogens (tertiary/aromatic N) is 2. The van der Waals surface area contributed by atoms with Gasteiger partial charge in [0.1, 0.15) is 5.03 Å². The van der Waals surface area contributed by atoms with Gasteiger partial charge in [0.2, 0.25) is 5.82 Å². The molecule has 2 aromatic carbocycles. The van der Waals surface area contributed by atoms with Crippen molar-refractivity contribution in [2.75, 3.05) is 7.11 Å². The van der Waals surface area contributed by atoms with Crippen LogP contribution < -0.4 is 4.74 Å². The van der Waals surface area contributed by atoms with Crippen molar-refractivity contribution in [3.63, 3.8) is 0 Å². The third-order valence-electron chi connectivity index (χ3n) is 3.21. The predicted molar refractivity (Wildman–Crippen MR) is 91.4 cm³/mol. The Balaban J connectivity index is 1.89. The van der Waals surface area contributed by atoms with Crippen LogP contribution in [0.3, 0.4) is 0 Å². The molecule has 0 aliphatic heterocycles. The molecule has 0 saturated carbocycles. The average Bonchev–Trinajstić information content (AvgIpc) is 3.05. The van der Waals surface area contributed by atoms with Crippen molar-refractivity contribution in [1.82, 2.24) is 10.1 Å². The normalized spacial score (nSPS) is 11.6. The first kappa shape index (κ1) is 16.5. The van der Waals surface area contributed by atoms with E-state index in [-0.39, 0.29) is 16.7 Å². The maximum atomic E-state index is 13.7. The summed E-state index contributed by atoms with van der Waals surface area (Å²) in [5.41, 5.74) is 1.17. The van der Waals surface area contributed by atoms with Crippen molar-refractivity contribution in [2.24, 2.45) is 0 Å². The summed E-state index contributed by atoms with van der Waals surface area (Å²) in [5, 5.41) is 4.55. The van der Waals surface area contributed by atoms with E-state index < -0.39 is 5.82 Å². The first-order valence-corrected chi connectivity index (χ1v) is 7.64.